The molecular weight excluding hydrogens is 352 g/mol. The van der Waals surface area contributed by atoms with E-state index in [1.165, 1.54) is 4.68 Å². The van der Waals surface area contributed by atoms with Gasteiger partial charge in [0.1, 0.15) is 17.8 Å². The van der Waals surface area contributed by atoms with Crippen molar-refractivity contribution in [3.63, 3.8) is 0 Å². The molecule has 8 nitrogen and oxygen atoms in total. The molecule has 3 N–H and O–H groups in total. The minimum Gasteiger partial charge on any atom is -0.356 e. The molecule has 112 valence electrons. The summed E-state index contributed by atoms with van der Waals surface area (Å²) >= 11 is 3.23. The van der Waals surface area contributed by atoms with Crippen molar-refractivity contribution in [2.75, 3.05) is 0 Å². The standard InChI is InChI=1S/C13H11BrN6O2/c14-8-5-10(15-6-8)13(22)18-17-12(21)7-20-11-4-2-1-3-9(11)16-19-20/h1-6,15H,7H2,(H,17,21)(H,18,22). The zero-order chi connectivity index (χ0) is 15.5. The molecular formula is C13H11BrN6O2. The molecule has 0 aliphatic rings. The molecule has 0 unspecified atom stereocenters. The highest BCUT2D eigenvalue weighted by Crippen LogP contribution is 2.10. The number of hydrogen-bond acceptors (Lipinski definition) is 4. The van der Waals surface area contributed by atoms with Crippen LogP contribution in [0.15, 0.2) is 41.0 Å². The van der Waals surface area contributed by atoms with Crippen molar-refractivity contribution < 1.29 is 9.59 Å². The molecule has 0 aliphatic carbocycles. The van der Waals surface area contributed by atoms with Crippen LogP contribution in [-0.2, 0) is 11.3 Å². The van der Waals surface area contributed by atoms with Gasteiger partial charge in [0.25, 0.3) is 11.8 Å². The number of nitrogens with zero attached hydrogens (tertiary/aromatic N) is 3. The molecule has 0 spiro atoms. The molecule has 0 saturated carbocycles. The number of carbonyl (C=O) groups excluding carboxylic acids is 2. The van der Waals surface area contributed by atoms with Crippen LogP contribution in [0.25, 0.3) is 11.0 Å². The van der Waals surface area contributed by atoms with Crippen LogP contribution >= 0.6 is 15.9 Å². The summed E-state index contributed by atoms with van der Waals surface area (Å²) in [7, 11) is 0. The number of rotatable bonds is 3. The van der Waals surface area contributed by atoms with E-state index in [1.54, 1.807) is 12.3 Å². The molecule has 1 aromatic carbocycles. The van der Waals surface area contributed by atoms with Gasteiger partial charge in [-0.15, -0.1) is 5.10 Å². The van der Waals surface area contributed by atoms with Crippen molar-refractivity contribution >= 4 is 38.8 Å². The molecule has 0 fully saturated rings. The second kappa shape index (κ2) is 5.98. The van der Waals surface area contributed by atoms with E-state index in [4.69, 9.17) is 0 Å². The van der Waals surface area contributed by atoms with E-state index in [2.05, 4.69) is 42.1 Å². The van der Waals surface area contributed by atoms with Crippen LogP contribution in [0.3, 0.4) is 0 Å². The van der Waals surface area contributed by atoms with Gasteiger partial charge < -0.3 is 4.98 Å². The van der Waals surface area contributed by atoms with Crippen LogP contribution in [0.2, 0.25) is 0 Å². The highest BCUT2D eigenvalue weighted by atomic mass is 79.9. The number of aromatic nitrogens is 4. The Labute approximate surface area is 133 Å². The van der Waals surface area contributed by atoms with Gasteiger partial charge in [0.15, 0.2) is 0 Å². The first kappa shape index (κ1) is 14.3. The Morgan fingerprint density at radius 2 is 2.09 bits per heavy atom. The van der Waals surface area contributed by atoms with Crippen LogP contribution < -0.4 is 10.9 Å². The Morgan fingerprint density at radius 3 is 2.86 bits per heavy atom. The molecule has 2 heterocycles. The maximum Gasteiger partial charge on any atom is 0.286 e. The number of amides is 2. The Kier molecular flexibility index (Phi) is 3.88. The summed E-state index contributed by atoms with van der Waals surface area (Å²) in [6.45, 7) is -0.0464. The average Bonchev–Trinajstić information content (AvgIpc) is 3.12. The number of benzene rings is 1. The first-order chi connectivity index (χ1) is 10.6. The molecule has 0 atom stereocenters. The third-order valence-corrected chi connectivity index (χ3v) is 3.38. The summed E-state index contributed by atoms with van der Waals surface area (Å²) < 4.78 is 2.21. The number of halogens is 1. The molecule has 3 rings (SSSR count). The molecule has 9 heteroatoms. The summed E-state index contributed by atoms with van der Waals surface area (Å²) in [4.78, 5) is 26.4. The number of aromatic amines is 1. The summed E-state index contributed by atoms with van der Waals surface area (Å²) in [5, 5.41) is 7.86. The second-order valence-corrected chi connectivity index (χ2v) is 5.39. The molecule has 22 heavy (non-hydrogen) atoms. The van der Waals surface area contributed by atoms with Gasteiger partial charge in [-0.25, -0.2) is 4.68 Å². The maximum absolute atomic E-state index is 11.9. The number of H-pyrrole nitrogens is 1. The Bertz CT molecular complexity index is 840. The van der Waals surface area contributed by atoms with Crippen LogP contribution in [-0.4, -0.2) is 31.8 Å². The fourth-order valence-corrected chi connectivity index (χ4v) is 2.25. The van der Waals surface area contributed by atoms with E-state index >= 15 is 0 Å². The molecule has 0 radical (unpaired) electrons. The zero-order valence-corrected chi connectivity index (χ0v) is 12.8. The van der Waals surface area contributed by atoms with Crippen molar-refractivity contribution in [3.05, 3.63) is 46.7 Å². The van der Waals surface area contributed by atoms with Crippen molar-refractivity contribution in [2.45, 2.75) is 6.54 Å². The SMILES string of the molecule is O=C(Cn1nnc2ccccc21)NNC(=O)c1cc(Br)c[nH]1. The lowest BCUT2D eigenvalue weighted by molar-refractivity contribution is -0.122. The largest absolute Gasteiger partial charge is 0.356 e. The molecule has 2 aromatic heterocycles. The number of fused-ring (bicyclic) bond motifs is 1. The van der Waals surface area contributed by atoms with E-state index in [-0.39, 0.29) is 6.54 Å². The minimum absolute atomic E-state index is 0.0464. The predicted octanol–water partition coefficient (Wildman–Crippen LogP) is 0.983. The third-order valence-electron chi connectivity index (χ3n) is 2.92. The topological polar surface area (TPSA) is 105 Å². The minimum atomic E-state index is -0.442. The predicted molar refractivity (Wildman–Crippen MR) is 81.6 cm³/mol. The van der Waals surface area contributed by atoms with Gasteiger partial charge >= 0.3 is 0 Å². The highest BCUT2D eigenvalue weighted by Gasteiger charge is 2.11. The first-order valence-electron chi connectivity index (χ1n) is 6.35. The molecule has 0 bridgehead atoms. The van der Waals surface area contributed by atoms with Gasteiger partial charge in [-0.3, -0.25) is 20.4 Å². The summed E-state index contributed by atoms with van der Waals surface area (Å²) in [5.74, 6) is -0.850. The molecule has 0 saturated heterocycles. The fourth-order valence-electron chi connectivity index (χ4n) is 1.90. The molecule has 2 amide bonds. The number of para-hydroxylation sites is 1. The van der Waals surface area contributed by atoms with Gasteiger partial charge in [-0.2, -0.15) is 0 Å². The fraction of sp³-hybridized carbons (Fsp3) is 0.0769. The highest BCUT2D eigenvalue weighted by molar-refractivity contribution is 9.10. The number of hydrazine groups is 1. The van der Waals surface area contributed by atoms with Crippen LogP contribution in [0, 0.1) is 0 Å². The molecule has 0 aliphatic heterocycles. The lowest BCUT2D eigenvalue weighted by Crippen LogP contribution is -2.43. The van der Waals surface area contributed by atoms with Gasteiger partial charge in [-0.1, -0.05) is 17.3 Å². The first-order valence-corrected chi connectivity index (χ1v) is 7.14. The van der Waals surface area contributed by atoms with Gasteiger partial charge in [0, 0.05) is 10.7 Å². The van der Waals surface area contributed by atoms with Gasteiger partial charge in [0.05, 0.1) is 5.52 Å². The smallest absolute Gasteiger partial charge is 0.286 e. The zero-order valence-electron chi connectivity index (χ0n) is 11.2. The number of nitrogens with one attached hydrogen (secondary N) is 3. The number of hydrogen-bond donors (Lipinski definition) is 3. The van der Waals surface area contributed by atoms with Crippen LogP contribution in [0.5, 0.6) is 0 Å². The Morgan fingerprint density at radius 1 is 1.27 bits per heavy atom. The summed E-state index contributed by atoms with van der Waals surface area (Å²) in [6, 6.07) is 8.91. The van der Waals surface area contributed by atoms with Gasteiger partial charge in [-0.05, 0) is 34.1 Å². The van der Waals surface area contributed by atoms with Crippen molar-refractivity contribution in [1.82, 2.24) is 30.8 Å². The van der Waals surface area contributed by atoms with E-state index < -0.39 is 11.8 Å². The normalized spacial score (nSPS) is 10.6. The quantitative estimate of drug-likeness (QED) is 0.604. The van der Waals surface area contributed by atoms with Crippen LogP contribution in [0.4, 0.5) is 0 Å². The van der Waals surface area contributed by atoms with Gasteiger partial charge in [0.2, 0.25) is 0 Å². The monoisotopic (exact) mass is 362 g/mol. The van der Waals surface area contributed by atoms with Crippen LogP contribution in [0.1, 0.15) is 10.5 Å². The Balaban J connectivity index is 1.60. The maximum atomic E-state index is 11.9. The number of carbonyl (C=O) groups is 2. The second-order valence-electron chi connectivity index (χ2n) is 4.47. The Hall–Kier alpha value is -2.68. The third kappa shape index (κ3) is 2.98. The van der Waals surface area contributed by atoms with E-state index in [9.17, 15) is 9.59 Å². The van der Waals surface area contributed by atoms with E-state index in [0.29, 0.717) is 11.2 Å². The average molecular weight is 363 g/mol. The lowest BCUT2D eigenvalue weighted by Gasteiger charge is -2.06. The molecule has 3 aromatic rings. The van der Waals surface area contributed by atoms with Crippen molar-refractivity contribution in [2.24, 2.45) is 0 Å². The van der Waals surface area contributed by atoms with Crippen molar-refractivity contribution in [3.8, 4) is 0 Å². The van der Waals surface area contributed by atoms with E-state index in [1.807, 2.05) is 24.3 Å². The lowest BCUT2D eigenvalue weighted by atomic mass is 10.3. The van der Waals surface area contributed by atoms with E-state index in [0.717, 1.165) is 9.99 Å². The summed E-state index contributed by atoms with van der Waals surface area (Å²) in [6.07, 6.45) is 1.62. The summed E-state index contributed by atoms with van der Waals surface area (Å²) in [5.41, 5.74) is 6.43. The van der Waals surface area contributed by atoms with Crippen molar-refractivity contribution in [1.29, 1.82) is 0 Å².